The van der Waals surface area contributed by atoms with Crippen LogP contribution in [0.2, 0.25) is 5.02 Å². The number of anilines is 1. The smallest absolute Gasteiger partial charge is 0.294 e. The van der Waals surface area contributed by atoms with Crippen molar-refractivity contribution in [1.29, 1.82) is 0 Å². The van der Waals surface area contributed by atoms with Gasteiger partial charge in [0, 0.05) is 28.3 Å². The number of hydrogen-bond donors (Lipinski definition) is 1. The molecule has 0 spiro atoms. The van der Waals surface area contributed by atoms with Gasteiger partial charge in [-0.25, -0.2) is 4.39 Å². The van der Waals surface area contributed by atoms with Crippen molar-refractivity contribution in [3.8, 4) is 5.69 Å². The minimum atomic E-state index is -0.598. The summed E-state index contributed by atoms with van der Waals surface area (Å²) < 4.78 is 15.1. The maximum absolute atomic E-state index is 13.3. The fourth-order valence-electron chi connectivity index (χ4n) is 3.03. The number of rotatable bonds is 5. The van der Waals surface area contributed by atoms with Crippen molar-refractivity contribution in [3.63, 3.8) is 0 Å². The van der Waals surface area contributed by atoms with Gasteiger partial charge in [0.1, 0.15) is 12.4 Å². The topological polar surface area (TPSA) is 71.4 Å². The Morgan fingerprint density at radius 2 is 1.87 bits per heavy atom. The molecule has 1 saturated heterocycles. The van der Waals surface area contributed by atoms with Crippen molar-refractivity contribution < 1.29 is 18.8 Å². The number of carbonyl (C=O) groups is 3. The van der Waals surface area contributed by atoms with Gasteiger partial charge in [-0.05, 0) is 72.4 Å². The van der Waals surface area contributed by atoms with Gasteiger partial charge in [0.15, 0.2) is 0 Å². The molecule has 0 radical (unpaired) electrons. The average molecular weight is 456 g/mol. The molecular weight excluding hydrogens is 441 g/mol. The van der Waals surface area contributed by atoms with E-state index < -0.39 is 29.4 Å². The molecule has 156 valence electrons. The van der Waals surface area contributed by atoms with Crippen LogP contribution >= 0.6 is 23.4 Å². The highest BCUT2D eigenvalue weighted by Crippen LogP contribution is 2.32. The zero-order chi connectivity index (χ0) is 22.0. The molecule has 1 fully saturated rings. The molecule has 6 nitrogen and oxygen atoms in total. The molecule has 0 aliphatic carbocycles. The predicted molar refractivity (Wildman–Crippen MR) is 118 cm³/mol. The molecule has 1 aliphatic rings. The van der Waals surface area contributed by atoms with Gasteiger partial charge in [0.05, 0.1) is 4.91 Å². The third-order valence-corrected chi connectivity index (χ3v) is 5.61. The van der Waals surface area contributed by atoms with E-state index in [2.05, 4.69) is 5.32 Å². The Kier molecular flexibility index (Phi) is 5.92. The fraction of sp³-hybridized carbons (Fsp3) is 0.0455. The van der Waals surface area contributed by atoms with Crippen molar-refractivity contribution in [3.05, 3.63) is 88.3 Å². The van der Waals surface area contributed by atoms with Crippen LogP contribution in [0.15, 0.2) is 71.8 Å². The number of aromatic nitrogens is 1. The molecule has 1 aromatic heterocycles. The highest BCUT2D eigenvalue weighted by atomic mass is 35.5. The summed E-state index contributed by atoms with van der Waals surface area (Å²) in [5.74, 6) is -1.66. The van der Waals surface area contributed by atoms with Gasteiger partial charge in [-0.2, -0.15) is 0 Å². The molecule has 31 heavy (non-hydrogen) atoms. The van der Waals surface area contributed by atoms with Gasteiger partial charge >= 0.3 is 0 Å². The van der Waals surface area contributed by atoms with Gasteiger partial charge in [-0.3, -0.25) is 19.3 Å². The van der Waals surface area contributed by atoms with Crippen molar-refractivity contribution >= 4 is 52.2 Å². The second-order valence-electron chi connectivity index (χ2n) is 6.61. The third kappa shape index (κ3) is 4.70. The monoisotopic (exact) mass is 455 g/mol. The highest BCUT2D eigenvalue weighted by Gasteiger charge is 2.36. The Bertz CT molecular complexity index is 1210. The van der Waals surface area contributed by atoms with Gasteiger partial charge in [-0.15, -0.1) is 0 Å². The summed E-state index contributed by atoms with van der Waals surface area (Å²) in [7, 11) is 0. The molecule has 3 aromatic rings. The molecule has 0 unspecified atom stereocenters. The van der Waals surface area contributed by atoms with Crippen LogP contribution in [-0.2, 0) is 9.59 Å². The van der Waals surface area contributed by atoms with E-state index in [1.807, 2.05) is 29.0 Å². The van der Waals surface area contributed by atoms with Crippen molar-refractivity contribution in [2.75, 3.05) is 11.9 Å². The minimum Gasteiger partial charge on any atom is -0.324 e. The van der Waals surface area contributed by atoms with E-state index in [9.17, 15) is 18.8 Å². The van der Waals surface area contributed by atoms with Crippen LogP contribution in [-0.4, -0.2) is 33.1 Å². The Labute approximate surface area is 186 Å². The first-order valence-electron chi connectivity index (χ1n) is 9.15. The maximum atomic E-state index is 13.3. The van der Waals surface area contributed by atoms with E-state index in [0.29, 0.717) is 10.7 Å². The summed E-state index contributed by atoms with van der Waals surface area (Å²) in [6.07, 6.45) is 3.43. The van der Waals surface area contributed by atoms with Crippen LogP contribution in [0, 0.1) is 5.82 Å². The molecule has 3 amide bonds. The number of thioether (sulfide) groups is 1. The zero-order valence-electron chi connectivity index (χ0n) is 15.9. The molecular formula is C22H15ClFN3O3S. The first kappa shape index (κ1) is 20.9. The minimum absolute atomic E-state index is 0.206. The molecule has 2 aromatic carbocycles. The molecule has 2 heterocycles. The largest absolute Gasteiger partial charge is 0.324 e. The first-order chi connectivity index (χ1) is 14.9. The number of halogens is 2. The highest BCUT2D eigenvalue weighted by molar-refractivity contribution is 8.18. The standard InChI is InChI=1S/C22H15ClFN3O3S/c23-14-6-8-17(9-7-14)26-10-2-5-18(26)12-19-21(29)27(22(30)31-19)13-20(28)25-16-4-1-3-15(24)11-16/h1-12H,13H2,(H,25,28)/b19-12+. The van der Waals surface area contributed by atoms with Crippen molar-refractivity contribution in [2.24, 2.45) is 0 Å². The van der Waals surface area contributed by atoms with Crippen LogP contribution < -0.4 is 5.32 Å². The first-order valence-corrected chi connectivity index (χ1v) is 10.3. The van der Waals surface area contributed by atoms with E-state index in [4.69, 9.17) is 11.6 Å². The molecule has 9 heteroatoms. The number of benzene rings is 2. The second-order valence-corrected chi connectivity index (χ2v) is 8.04. The summed E-state index contributed by atoms with van der Waals surface area (Å²) in [6.45, 7) is -0.462. The zero-order valence-corrected chi connectivity index (χ0v) is 17.5. The number of nitrogens with zero attached hydrogens (tertiary/aromatic N) is 2. The third-order valence-electron chi connectivity index (χ3n) is 4.45. The summed E-state index contributed by atoms with van der Waals surface area (Å²) >= 11 is 6.70. The van der Waals surface area contributed by atoms with E-state index in [1.165, 1.54) is 18.2 Å². The van der Waals surface area contributed by atoms with E-state index >= 15 is 0 Å². The Morgan fingerprint density at radius 3 is 2.61 bits per heavy atom. The van der Waals surface area contributed by atoms with Crippen LogP contribution in [0.5, 0.6) is 0 Å². The SMILES string of the molecule is O=C(CN1C(=O)S/C(=C/c2cccn2-c2ccc(Cl)cc2)C1=O)Nc1cccc(F)c1. The van der Waals surface area contributed by atoms with Crippen LogP contribution in [0.4, 0.5) is 14.9 Å². The lowest BCUT2D eigenvalue weighted by Gasteiger charge is -2.12. The van der Waals surface area contributed by atoms with E-state index in [0.717, 1.165) is 28.4 Å². The summed E-state index contributed by atoms with van der Waals surface area (Å²) in [5, 5.41) is 2.54. The average Bonchev–Trinajstić information content (AvgIpc) is 3.29. The van der Waals surface area contributed by atoms with Gasteiger partial charge < -0.3 is 9.88 Å². The normalized spacial score (nSPS) is 15.0. The van der Waals surface area contributed by atoms with Gasteiger partial charge in [-0.1, -0.05) is 17.7 Å². The number of amides is 3. The molecule has 1 N–H and O–H groups in total. The number of imide groups is 1. The van der Waals surface area contributed by atoms with Crippen molar-refractivity contribution in [2.45, 2.75) is 0 Å². The molecule has 0 bridgehead atoms. The predicted octanol–water partition coefficient (Wildman–Crippen LogP) is 4.94. The van der Waals surface area contributed by atoms with Crippen LogP contribution in [0.25, 0.3) is 11.8 Å². The maximum Gasteiger partial charge on any atom is 0.294 e. The molecule has 4 rings (SSSR count). The van der Waals surface area contributed by atoms with Crippen LogP contribution in [0.1, 0.15) is 5.69 Å². The van der Waals surface area contributed by atoms with Crippen molar-refractivity contribution in [1.82, 2.24) is 9.47 Å². The Morgan fingerprint density at radius 1 is 1.10 bits per heavy atom. The number of hydrogen-bond acceptors (Lipinski definition) is 4. The fourth-order valence-corrected chi connectivity index (χ4v) is 3.98. The Balaban J connectivity index is 1.50. The van der Waals surface area contributed by atoms with Crippen LogP contribution in [0.3, 0.4) is 0 Å². The summed E-state index contributed by atoms with van der Waals surface area (Å²) in [4.78, 5) is 38.4. The molecule has 1 aliphatic heterocycles. The van der Waals surface area contributed by atoms with Gasteiger partial charge in [0.2, 0.25) is 5.91 Å². The van der Waals surface area contributed by atoms with Gasteiger partial charge in [0.25, 0.3) is 11.1 Å². The quantitative estimate of drug-likeness (QED) is 0.553. The number of nitrogens with one attached hydrogen (secondary N) is 1. The summed E-state index contributed by atoms with van der Waals surface area (Å²) in [5.41, 5.74) is 1.78. The second kappa shape index (κ2) is 8.79. The lowest BCUT2D eigenvalue weighted by molar-refractivity contribution is -0.127. The molecule has 0 atom stereocenters. The lowest BCUT2D eigenvalue weighted by Crippen LogP contribution is -2.36. The Hall–Kier alpha value is -3.36. The van der Waals surface area contributed by atoms with E-state index in [1.54, 1.807) is 24.3 Å². The summed E-state index contributed by atoms with van der Waals surface area (Å²) in [6, 6.07) is 16.2. The van der Waals surface area contributed by atoms with E-state index in [-0.39, 0.29) is 10.6 Å². The number of carbonyl (C=O) groups excluding carboxylic acids is 3. The lowest BCUT2D eigenvalue weighted by atomic mass is 10.3. The molecule has 0 saturated carbocycles.